The monoisotopic (exact) mass is 500 g/mol. The molecule has 148 valence electrons. The van der Waals surface area contributed by atoms with Gasteiger partial charge < -0.3 is 0 Å². The van der Waals surface area contributed by atoms with Gasteiger partial charge in [-0.3, -0.25) is 0 Å². The van der Waals surface area contributed by atoms with E-state index in [4.69, 9.17) is 6.15 Å². The number of hydrogen-bond acceptors (Lipinski definition) is 6. The summed E-state index contributed by atoms with van der Waals surface area (Å²) in [6, 6.07) is 0. The third-order valence-corrected chi connectivity index (χ3v) is 14.5. The van der Waals surface area contributed by atoms with Gasteiger partial charge in [-0.05, 0) is 0 Å². The van der Waals surface area contributed by atoms with E-state index in [1.165, 1.54) is 0 Å². The van der Waals surface area contributed by atoms with Gasteiger partial charge in [0, 0.05) is 0 Å². The van der Waals surface area contributed by atoms with Gasteiger partial charge >= 0.3 is 171 Å². The minimum absolute atomic E-state index is 0.203. The maximum absolute atomic E-state index is 12.5. The molecule has 0 spiro atoms. The van der Waals surface area contributed by atoms with Gasteiger partial charge in [0.1, 0.15) is 0 Å². The molecule has 0 aromatic carbocycles. The van der Waals surface area contributed by atoms with Crippen molar-refractivity contribution in [3.63, 3.8) is 0 Å². The molecule has 7 heteroatoms. The molecule has 0 aliphatic carbocycles. The molecule has 0 saturated carbocycles. The second-order valence-electron chi connectivity index (χ2n) is 6.79. The van der Waals surface area contributed by atoms with E-state index in [2.05, 4.69) is 39.1 Å². The molecule has 0 rings (SSSR count). The van der Waals surface area contributed by atoms with Crippen molar-refractivity contribution in [3.8, 4) is 0 Å². The van der Waals surface area contributed by atoms with Gasteiger partial charge in [-0.15, -0.1) is 0 Å². The van der Waals surface area contributed by atoms with Crippen LogP contribution in [0.4, 0.5) is 0 Å². The Hall–Kier alpha value is 0.439. The van der Waals surface area contributed by atoms with Gasteiger partial charge in [-0.1, -0.05) is 0 Å². The van der Waals surface area contributed by atoms with Crippen LogP contribution in [0.25, 0.3) is 0 Å². The quantitative estimate of drug-likeness (QED) is 0.260. The summed E-state index contributed by atoms with van der Waals surface area (Å²) in [5.41, 5.74) is 0. The number of carbonyl (C=O) groups excluding carboxylic acids is 2. The van der Waals surface area contributed by atoms with E-state index >= 15 is 0 Å². The Labute approximate surface area is 170 Å². The molecule has 0 aliphatic rings. The fraction of sp³-hybridized carbons (Fsp3) is 0.889. The first-order valence-corrected chi connectivity index (χ1v) is 17.2. The van der Waals surface area contributed by atoms with Crippen molar-refractivity contribution in [2.24, 2.45) is 11.8 Å². The normalized spacial score (nSPS) is 14.0. The average molecular weight is 499 g/mol. The van der Waals surface area contributed by atoms with Crippen LogP contribution >= 0.6 is 25.3 Å². The van der Waals surface area contributed by atoms with Crippen molar-refractivity contribution >= 4 is 56.4 Å². The van der Waals surface area contributed by atoms with Crippen molar-refractivity contribution in [1.82, 2.24) is 0 Å². The first kappa shape index (κ1) is 25.4. The molecule has 2 unspecified atom stereocenters. The van der Waals surface area contributed by atoms with Crippen LogP contribution in [0.1, 0.15) is 66.2 Å². The second-order valence-corrected chi connectivity index (χ2v) is 16.9. The number of carbonyl (C=O) groups is 2. The van der Waals surface area contributed by atoms with Crippen molar-refractivity contribution < 1.29 is 15.7 Å². The van der Waals surface area contributed by atoms with Gasteiger partial charge in [0.25, 0.3) is 0 Å². The summed E-state index contributed by atoms with van der Waals surface area (Å²) in [6.45, 7) is 7.93. The third-order valence-electron chi connectivity index (χ3n) is 4.32. The Bertz CT molecular complexity index is 357. The van der Waals surface area contributed by atoms with E-state index in [-0.39, 0.29) is 23.8 Å². The predicted molar refractivity (Wildman–Crippen MR) is 113 cm³/mol. The molecule has 0 aliphatic heterocycles. The van der Waals surface area contributed by atoms with Crippen molar-refractivity contribution in [2.75, 3.05) is 11.5 Å². The van der Waals surface area contributed by atoms with Gasteiger partial charge in [0.15, 0.2) is 0 Å². The Morgan fingerprint density at radius 3 is 1.48 bits per heavy atom. The van der Waals surface area contributed by atoms with E-state index in [1.807, 2.05) is 13.8 Å². The topological polar surface area (TPSA) is 52.6 Å². The fourth-order valence-electron chi connectivity index (χ4n) is 2.43. The molecule has 2 atom stereocenters. The molecular weight excluding hydrogens is 463 g/mol. The summed E-state index contributed by atoms with van der Waals surface area (Å²) in [5, 5.41) is 0. The Morgan fingerprint density at radius 1 is 0.840 bits per heavy atom. The first-order chi connectivity index (χ1) is 11.9. The summed E-state index contributed by atoms with van der Waals surface area (Å²) >= 11 is 4.61. The van der Waals surface area contributed by atoms with Gasteiger partial charge in [-0.2, -0.15) is 0 Å². The van der Waals surface area contributed by atoms with Gasteiger partial charge in [-0.25, -0.2) is 0 Å². The molecule has 0 N–H and O–H groups in total. The van der Waals surface area contributed by atoms with Crippen LogP contribution in [-0.4, -0.2) is 42.6 Å². The molecule has 0 radical (unpaired) electrons. The standard InChI is InChI=1S/2C5H10O2S.2C4H9.Sn/c2*1-4(2-3-8)5(6)7;2*1-3-4-2;/h2*4,8H,2-3H2,1H3,(H,6,7);2*1,3-4H2,2H3;/q;;;;+2/p-2. The molecule has 0 aromatic rings. The SMILES string of the molecule is CCC[CH2][Sn]([CH2]CCC)([O]C(=O)C(C)CCS)[O]C(=O)C(C)CCS. The van der Waals surface area contributed by atoms with Crippen LogP contribution in [0.3, 0.4) is 0 Å². The summed E-state index contributed by atoms with van der Waals surface area (Å²) < 4.78 is 13.6. The van der Waals surface area contributed by atoms with Crippen LogP contribution < -0.4 is 0 Å². The second kappa shape index (κ2) is 14.5. The summed E-state index contributed by atoms with van der Waals surface area (Å²) in [6.07, 6.45) is 5.21. The third kappa shape index (κ3) is 10.4. The Morgan fingerprint density at radius 2 is 1.20 bits per heavy atom. The van der Waals surface area contributed by atoms with Gasteiger partial charge in [0.05, 0.1) is 0 Å². The van der Waals surface area contributed by atoms with Crippen molar-refractivity contribution in [1.29, 1.82) is 0 Å². The molecule has 4 nitrogen and oxygen atoms in total. The van der Waals surface area contributed by atoms with E-state index in [0.29, 0.717) is 24.3 Å². The molecule has 0 amide bonds. The molecule has 25 heavy (non-hydrogen) atoms. The van der Waals surface area contributed by atoms with Crippen LogP contribution in [0.2, 0.25) is 8.87 Å². The fourth-order valence-corrected chi connectivity index (χ4v) is 13.5. The average Bonchev–Trinajstić information content (AvgIpc) is 2.58. The van der Waals surface area contributed by atoms with Crippen LogP contribution in [0, 0.1) is 11.8 Å². The van der Waals surface area contributed by atoms with E-state index in [0.717, 1.165) is 34.6 Å². The summed E-state index contributed by atoms with van der Waals surface area (Å²) in [4.78, 5) is 25.1. The predicted octanol–water partition coefficient (Wildman–Crippen LogP) is 5.03. The Kier molecular flexibility index (Phi) is 14.7. The Balaban J connectivity index is 5.32. The number of unbranched alkanes of at least 4 members (excludes halogenated alkanes) is 2. The minimum atomic E-state index is -3.79. The molecule has 0 heterocycles. The zero-order valence-electron chi connectivity index (χ0n) is 16.3. The molecule has 0 bridgehead atoms. The summed E-state index contributed by atoms with van der Waals surface area (Å²) in [5.74, 6) is 0.442. The number of hydrogen-bond donors (Lipinski definition) is 2. The zero-order valence-corrected chi connectivity index (χ0v) is 20.9. The summed E-state index contributed by atoms with van der Waals surface area (Å²) in [7, 11) is 0. The van der Waals surface area contributed by atoms with Gasteiger partial charge in [0.2, 0.25) is 0 Å². The molecule has 0 aromatic heterocycles. The van der Waals surface area contributed by atoms with Crippen LogP contribution in [0.5, 0.6) is 0 Å². The van der Waals surface area contributed by atoms with E-state index in [9.17, 15) is 9.59 Å². The van der Waals surface area contributed by atoms with Crippen LogP contribution in [-0.2, 0) is 15.7 Å². The van der Waals surface area contributed by atoms with E-state index < -0.39 is 19.2 Å². The van der Waals surface area contributed by atoms with Crippen molar-refractivity contribution in [2.45, 2.75) is 75.1 Å². The number of thiol groups is 2. The van der Waals surface area contributed by atoms with E-state index in [1.54, 1.807) is 0 Å². The first-order valence-electron chi connectivity index (χ1n) is 9.53. The molecule has 0 saturated heterocycles. The molecule has 0 fully saturated rings. The molecular formula is C18H36O4S2Sn. The zero-order chi connectivity index (χ0) is 19.3. The maximum atomic E-state index is 12.5. The van der Waals surface area contributed by atoms with Crippen LogP contribution in [0.15, 0.2) is 0 Å². The van der Waals surface area contributed by atoms with Crippen molar-refractivity contribution in [3.05, 3.63) is 0 Å². The number of rotatable bonds is 14.